The van der Waals surface area contributed by atoms with E-state index in [-0.39, 0.29) is 17.0 Å². The van der Waals surface area contributed by atoms with E-state index in [9.17, 15) is 5.11 Å². The van der Waals surface area contributed by atoms with E-state index >= 15 is 0 Å². The molecule has 4 rings (SSSR count). The topological polar surface area (TPSA) is 40.2 Å². The molecule has 2 aliphatic rings. The van der Waals surface area contributed by atoms with Crippen molar-refractivity contribution in [2.24, 2.45) is 0 Å². The number of hydrogen-bond donors (Lipinski definition) is 1. The third-order valence-corrected chi connectivity index (χ3v) is 5.05. The molecule has 1 aromatic heterocycles. The minimum Gasteiger partial charge on any atom is -1.00 e. The van der Waals surface area contributed by atoms with Gasteiger partial charge in [0.1, 0.15) is 12.7 Å². The molecule has 2 heterocycles. The number of hydrogen-bond acceptors (Lipinski definition) is 3. The van der Waals surface area contributed by atoms with Crippen molar-refractivity contribution in [3.8, 4) is 0 Å². The monoisotopic (exact) mass is 395 g/mol. The summed E-state index contributed by atoms with van der Waals surface area (Å²) in [6.45, 7) is 0.494. The fraction of sp³-hybridized carbons (Fsp3) is 0.412. The number of nitrogens with zero attached hydrogens (tertiary/aromatic N) is 3. The average molecular weight is 397 g/mol. The van der Waals surface area contributed by atoms with Crippen molar-refractivity contribution in [1.82, 2.24) is 4.98 Å². The maximum absolute atomic E-state index is 11.5. The zero-order chi connectivity index (χ0) is 15.2. The Kier molecular flexibility index (Phi) is 4.63. The molecule has 0 bridgehead atoms. The molecule has 0 unspecified atom stereocenters. The zero-order valence-corrected chi connectivity index (χ0v) is 15.0. The number of benzene rings is 1. The predicted octanol–water partition coefficient (Wildman–Crippen LogP) is -0.366. The van der Waals surface area contributed by atoms with Gasteiger partial charge in [-0.25, -0.2) is 9.47 Å². The van der Waals surface area contributed by atoms with E-state index in [2.05, 4.69) is 9.88 Å². The highest BCUT2D eigenvalue weighted by Gasteiger charge is 2.54. The molecular weight excluding hydrogens is 378 g/mol. The van der Waals surface area contributed by atoms with Crippen LogP contribution in [-0.4, -0.2) is 16.1 Å². The molecule has 1 N–H and O–H groups in total. The van der Waals surface area contributed by atoms with Crippen LogP contribution in [0.2, 0.25) is 5.02 Å². The van der Waals surface area contributed by atoms with E-state index in [0.29, 0.717) is 17.6 Å². The summed E-state index contributed by atoms with van der Waals surface area (Å²) < 4.78 is 2.03. The third-order valence-electron chi connectivity index (χ3n) is 4.80. The molecule has 122 valence electrons. The predicted molar refractivity (Wildman–Crippen MR) is 84.5 cm³/mol. The highest BCUT2D eigenvalue weighted by Crippen LogP contribution is 2.39. The number of anilines is 1. The van der Waals surface area contributed by atoms with Crippen LogP contribution in [0.5, 0.6) is 0 Å². The molecule has 0 amide bonds. The van der Waals surface area contributed by atoms with Crippen LogP contribution in [0.25, 0.3) is 0 Å². The van der Waals surface area contributed by atoms with Crippen molar-refractivity contribution in [3.05, 3.63) is 53.3 Å². The smallest absolute Gasteiger partial charge is 0.397 e. The summed E-state index contributed by atoms with van der Waals surface area (Å²) in [7, 11) is 0. The SMILES string of the molecule is O[C@@]1(c2ccc(Cl)cc2)C[n+]2cccnc2N1C1CCCC1.[Br-]. The summed E-state index contributed by atoms with van der Waals surface area (Å²) in [5.74, 6) is 0.854. The molecular formula is C17H19BrClN3O. The van der Waals surface area contributed by atoms with Gasteiger partial charge in [-0.2, -0.15) is 0 Å². The maximum Gasteiger partial charge on any atom is 0.397 e. The van der Waals surface area contributed by atoms with E-state index in [4.69, 9.17) is 11.6 Å². The largest absolute Gasteiger partial charge is 1.00 e. The molecule has 23 heavy (non-hydrogen) atoms. The summed E-state index contributed by atoms with van der Waals surface area (Å²) in [6.07, 6.45) is 8.41. The van der Waals surface area contributed by atoms with Crippen LogP contribution in [0.15, 0.2) is 42.7 Å². The first-order valence-electron chi connectivity index (χ1n) is 7.81. The summed E-state index contributed by atoms with van der Waals surface area (Å²) in [6, 6.07) is 9.74. The molecule has 4 nitrogen and oxygen atoms in total. The Morgan fingerprint density at radius 1 is 1.22 bits per heavy atom. The minimum atomic E-state index is -1.05. The van der Waals surface area contributed by atoms with Gasteiger partial charge in [0.2, 0.25) is 5.72 Å². The lowest BCUT2D eigenvalue weighted by Crippen LogP contribution is -3.00. The van der Waals surface area contributed by atoms with Crippen molar-refractivity contribution in [2.45, 2.75) is 44.0 Å². The van der Waals surface area contributed by atoms with E-state index in [1.165, 1.54) is 12.8 Å². The van der Waals surface area contributed by atoms with Crippen LogP contribution in [0.1, 0.15) is 31.2 Å². The van der Waals surface area contributed by atoms with E-state index in [1.807, 2.05) is 41.1 Å². The van der Waals surface area contributed by atoms with Crippen molar-refractivity contribution >= 4 is 17.5 Å². The van der Waals surface area contributed by atoms with Gasteiger partial charge in [0.05, 0.1) is 12.2 Å². The Morgan fingerprint density at radius 2 is 1.91 bits per heavy atom. The number of rotatable bonds is 2. The quantitative estimate of drug-likeness (QED) is 0.705. The molecule has 0 saturated heterocycles. The summed E-state index contributed by atoms with van der Waals surface area (Å²) in [4.78, 5) is 6.64. The van der Waals surface area contributed by atoms with Crippen molar-refractivity contribution in [3.63, 3.8) is 0 Å². The van der Waals surface area contributed by atoms with Crippen LogP contribution in [0, 0.1) is 0 Å². The summed E-state index contributed by atoms with van der Waals surface area (Å²) in [5, 5.41) is 12.2. The number of aliphatic hydroxyl groups is 1. The second-order valence-electron chi connectivity index (χ2n) is 6.18. The van der Waals surface area contributed by atoms with Crippen LogP contribution < -0.4 is 26.4 Å². The van der Waals surface area contributed by atoms with Crippen LogP contribution in [-0.2, 0) is 12.3 Å². The van der Waals surface area contributed by atoms with Gasteiger partial charge >= 0.3 is 5.95 Å². The van der Waals surface area contributed by atoms with E-state index < -0.39 is 5.72 Å². The Morgan fingerprint density at radius 3 is 2.61 bits per heavy atom. The van der Waals surface area contributed by atoms with Crippen LogP contribution >= 0.6 is 11.6 Å². The molecule has 1 aliphatic heterocycles. The fourth-order valence-corrected chi connectivity index (χ4v) is 3.90. The lowest BCUT2D eigenvalue weighted by molar-refractivity contribution is -0.685. The fourth-order valence-electron chi connectivity index (χ4n) is 3.77. The van der Waals surface area contributed by atoms with Gasteiger partial charge in [-0.15, -0.1) is 0 Å². The molecule has 1 fully saturated rings. The minimum absolute atomic E-state index is 0. The van der Waals surface area contributed by atoms with Crippen molar-refractivity contribution < 1.29 is 26.7 Å². The highest BCUT2D eigenvalue weighted by molar-refractivity contribution is 6.30. The summed E-state index contributed by atoms with van der Waals surface area (Å²) >= 11 is 6.00. The summed E-state index contributed by atoms with van der Waals surface area (Å²) in [5.41, 5.74) is -0.185. The second-order valence-corrected chi connectivity index (χ2v) is 6.62. The Hall–Kier alpha value is -1.17. The van der Waals surface area contributed by atoms with Gasteiger partial charge in [0, 0.05) is 16.7 Å². The van der Waals surface area contributed by atoms with Crippen LogP contribution in [0.4, 0.5) is 5.95 Å². The average Bonchev–Trinajstić information content (AvgIpc) is 3.12. The van der Waals surface area contributed by atoms with Gasteiger partial charge in [0.15, 0.2) is 0 Å². The van der Waals surface area contributed by atoms with Gasteiger partial charge in [-0.3, -0.25) is 0 Å². The van der Waals surface area contributed by atoms with E-state index in [1.54, 1.807) is 6.20 Å². The maximum atomic E-state index is 11.5. The Bertz CT molecular complexity index is 690. The molecule has 0 spiro atoms. The van der Waals surface area contributed by atoms with Crippen molar-refractivity contribution in [2.75, 3.05) is 4.90 Å². The normalized spacial score (nSPS) is 23.7. The lowest BCUT2D eigenvalue weighted by atomic mass is 10.00. The first kappa shape index (κ1) is 16.7. The number of aromatic nitrogens is 2. The third kappa shape index (κ3) is 2.75. The molecule has 1 aromatic carbocycles. The van der Waals surface area contributed by atoms with Crippen LogP contribution in [0.3, 0.4) is 0 Å². The van der Waals surface area contributed by atoms with Crippen molar-refractivity contribution in [1.29, 1.82) is 0 Å². The van der Waals surface area contributed by atoms with E-state index in [0.717, 1.165) is 24.4 Å². The number of halogens is 2. The lowest BCUT2D eigenvalue weighted by Gasteiger charge is -2.32. The first-order chi connectivity index (χ1) is 10.7. The molecule has 1 saturated carbocycles. The standard InChI is InChI=1S/C17H19ClN3O.BrH/c18-14-8-6-13(7-9-14)17(22)12-20-11-3-10-19-16(20)21(17)15-4-1-2-5-15;/h3,6-11,15,22H,1-2,4-5,12H2;1H/q+1;/p-1/t17-;/m1./s1. The van der Waals surface area contributed by atoms with Gasteiger partial charge in [-0.1, -0.05) is 28.7 Å². The first-order valence-corrected chi connectivity index (χ1v) is 8.18. The molecule has 1 aliphatic carbocycles. The zero-order valence-electron chi connectivity index (χ0n) is 12.7. The van der Waals surface area contributed by atoms with Gasteiger partial charge < -0.3 is 22.1 Å². The molecule has 6 heteroatoms. The van der Waals surface area contributed by atoms with Gasteiger partial charge in [0.25, 0.3) is 0 Å². The number of fused-ring (bicyclic) bond motifs is 1. The Balaban J connectivity index is 0.00000156. The molecule has 1 atom stereocenters. The molecule has 0 radical (unpaired) electrons. The highest BCUT2D eigenvalue weighted by atomic mass is 79.9. The molecule has 2 aromatic rings. The Labute approximate surface area is 151 Å². The second kappa shape index (κ2) is 6.38. The van der Waals surface area contributed by atoms with Gasteiger partial charge in [-0.05, 0) is 37.8 Å².